The highest BCUT2D eigenvalue weighted by molar-refractivity contribution is 7.99. The number of nitrogens with two attached hydrogens (primary N) is 1. The molecule has 2 nitrogen and oxygen atoms in total. The lowest BCUT2D eigenvalue weighted by molar-refractivity contribution is 0.456. The Morgan fingerprint density at radius 1 is 1.22 bits per heavy atom. The van der Waals surface area contributed by atoms with Crippen molar-refractivity contribution in [2.24, 2.45) is 5.73 Å². The van der Waals surface area contributed by atoms with E-state index in [1.54, 1.807) is 0 Å². The molecule has 0 saturated heterocycles. The van der Waals surface area contributed by atoms with Gasteiger partial charge in [0.25, 0.3) is 0 Å². The normalized spacial score (nSPS) is 11.9. The van der Waals surface area contributed by atoms with E-state index in [0.29, 0.717) is 5.25 Å². The van der Waals surface area contributed by atoms with E-state index in [0.717, 1.165) is 13.0 Å². The van der Waals surface area contributed by atoms with Crippen LogP contribution in [0.25, 0.3) is 0 Å². The van der Waals surface area contributed by atoms with Crippen molar-refractivity contribution in [2.75, 3.05) is 18.5 Å². The van der Waals surface area contributed by atoms with E-state index in [-0.39, 0.29) is 5.54 Å². The molecule has 0 amide bonds. The predicted octanol–water partition coefficient (Wildman–Crippen LogP) is 3.75. The summed E-state index contributed by atoms with van der Waals surface area (Å²) in [5.41, 5.74) is 7.03. The first-order chi connectivity index (χ1) is 8.36. The Morgan fingerprint density at radius 2 is 1.78 bits per heavy atom. The average molecular weight is 266 g/mol. The van der Waals surface area contributed by atoms with Gasteiger partial charge in [0, 0.05) is 28.4 Å². The van der Waals surface area contributed by atoms with Crippen LogP contribution < -0.4 is 10.6 Å². The Kier molecular flexibility index (Phi) is 5.54. The van der Waals surface area contributed by atoms with Crippen molar-refractivity contribution in [2.45, 2.75) is 49.8 Å². The van der Waals surface area contributed by atoms with Crippen LogP contribution in [-0.4, -0.2) is 24.4 Å². The van der Waals surface area contributed by atoms with Crippen LogP contribution in [0.15, 0.2) is 29.2 Å². The van der Waals surface area contributed by atoms with E-state index in [1.807, 2.05) is 11.8 Å². The number of benzene rings is 1. The van der Waals surface area contributed by atoms with Gasteiger partial charge in [-0.3, -0.25) is 0 Å². The molecule has 0 spiro atoms. The van der Waals surface area contributed by atoms with Gasteiger partial charge >= 0.3 is 0 Å². The van der Waals surface area contributed by atoms with Crippen molar-refractivity contribution in [1.29, 1.82) is 0 Å². The van der Waals surface area contributed by atoms with Crippen LogP contribution in [0.3, 0.4) is 0 Å². The lowest BCUT2D eigenvalue weighted by atomic mass is 9.98. The molecule has 0 unspecified atom stereocenters. The first-order valence-electron chi connectivity index (χ1n) is 6.57. The summed E-state index contributed by atoms with van der Waals surface area (Å²) in [5, 5.41) is 0.627. The molecule has 0 saturated carbocycles. The molecule has 1 aromatic rings. The Hall–Kier alpha value is -0.670. The van der Waals surface area contributed by atoms with Crippen LogP contribution >= 0.6 is 11.8 Å². The molecule has 0 atom stereocenters. The van der Waals surface area contributed by atoms with Gasteiger partial charge in [0.1, 0.15) is 0 Å². The summed E-state index contributed by atoms with van der Waals surface area (Å²) in [6.45, 7) is 9.62. The van der Waals surface area contributed by atoms with Gasteiger partial charge in [-0.25, -0.2) is 0 Å². The smallest absolute Gasteiger partial charge is 0.0368 e. The Labute approximate surface area is 116 Å². The highest BCUT2D eigenvalue weighted by Gasteiger charge is 2.22. The summed E-state index contributed by atoms with van der Waals surface area (Å²) in [4.78, 5) is 3.64. The van der Waals surface area contributed by atoms with Crippen LogP contribution in [-0.2, 0) is 0 Å². The average Bonchev–Trinajstić information content (AvgIpc) is 2.28. The van der Waals surface area contributed by atoms with E-state index < -0.39 is 0 Å². The first kappa shape index (κ1) is 15.4. The maximum atomic E-state index is 5.68. The molecule has 0 bridgehead atoms. The van der Waals surface area contributed by atoms with Crippen LogP contribution in [0, 0.1) is 0 Å². The van der Waals surface area contributed by atoms with Crippen molar-refractivity contribution in [3.8, 4) is 0 Å². The minimum Gasteiger partial charge on any atom is -0.369 e. The molecule has 1 rings (SSSR count). The Bertz CT molecular complexity index is 357. The molecule has 0 aliphatic heterocycles. The number of anilines is 1. The van der Waals surface area contributed by atoms with Crippen molar-refractivity contribution in [3.63, 3.8) is 0 Å². The standard InChI is InChI=1S/C15H26N2S/c1-12(2)18-14-8-6-13(7-9-14)17(5)15(3,4)10-11-16/h6-9,12H,10-11,16H2,1-5H3. The zero-order valence-corrected chi connectivity index (χ0v) is 13.1. The summed E-state index contributed by atoms with van der Waals surface area (Å²) in [7, 11) is 2.14. The monoisotopic (exact) mass is 266 g/mol. The largest absolute Gasteiger partial charge is 0.369 e. The molecule has 0 aliphatic carbocycles. The second-order valence-corrected chi connectivity index (χ2v) is 7.22. The van der Waals surface area contributed by atoms with Gasteiger partial charge in [0.05, 0.1) is 0 Å². The van der Waals surface area contributed by atoms with Crippen LogP contribution in [0.2, 0.25) is 0 Å². The molecule has 1 aromatic carbocycles. The third-order valence-corrected chi connectivity index (χ3v) is 4.28. The molecule has 0 heterocycles. The molecular formula is C15H26N2S. The lowest BCUT2D eigenvalue weighted by Crippen LogP contribution is -2.42. The molecule has 2 N–H and O–H groups in total. The summed E-state index contributed by atoms with van der Waals surface area (Å²) < 4.78 is 0. The summed E-state index contributed by atoms with van der Waals surface area (Å²) in [6, 6.07) is 8.80. The molecule has 0 radical (unpaired) electrons. The minimum absolute atomic E-state index is 0.0987. The van der Waals surface area contributed by atoms with Crippen molar-refractivity contribution in [1.82, 2.24) is 0 Å². The molecule has 0 fully saturated rings. The zero-order valence-electron chi connectivity index (χ0n) is 12.2. The highest BCUT2D eigenvalue weighted by atomic mass is 32.2. The number of nitrogens with zero attached hydrogens (tertiary/aromatic N) is 1. The first-order valence-corrected chi connectivity index (χ1v) is 7.45. The fourth-order valence-electron chi connectivity index (χ4n) is 1.89. The second kappa shape index (κ2) is 6.48. The minimum atomic E-state index is 0.0987. The molecule has 0 aromatic heterocycles. The fraction of sp³-hybridized carbons (Fsp3) is 0.600. The van der Waals surface area contributed by atoms with E-state index in [9.17, 15) is 0 Å². The van der Waals surface area contributed by atoms with Crippen LogP contribution in [0.5, 0.6) is 0 Å². The molecular weight excluding hydrogens is 240 g/mol. The molecule has 102 valence electrons. The lowest BCUT2D eigenvalue weighted by Gasteiger charge is -2.37. The van der Waals surface area contributed by atoms with Gasteiger partial charge in [-0.15, -0.1) is 11.8 Å². The Morgan fingerprint density at radius 3 is 2.22 bits per heavy atom. The maximum Gasteiger partial charge on any atom is 0.0368 e. The third kappa shape index (κ3) is 4.21. The third-order valence-electron chi connectivity index (χ3n) is 3.26. The topological polar surface area (TPSA) is 29.3 Å². The van der Waals surface area contributed by atoms with Gasteiger partial charge < -0.3 is 10.6 Å². The van der Waals surface area contributed by atoms with Gasteiger partial charge in [-0.1, -0.05) is 13.8 Å². The number of hydrogen-bond donors (Lipinski definition) is 1. The van der Waals surface area contributed by atoms with Gasteiger partial charge in [0.15, 0.2) is 0 Å². The molecule has 0 aliphatic rings. The molecule has 18 heavy (non-hydrogen) atoms. The van der Waals surface area contributed by atoms with E-state index in [2.05, 4.69) is 63.9 Å². The van der Waals surface area contributed by atoms with Crippen molar-refractivity contribution < 1.29 is 0 Å². The van der Waals surface area contributed by atoms with Gasteiger partial charge in [-0.05, 0) is 51.1 Å². The fourth-order valence-corrected chi connectivity index (χ4v) is 2.73. The number of thioether (sulfide) groups is 1. The van der Waals surface area contributed by atoms with Crippen molar-refractivity contribution >= 4 is 17.4 Å². The Balaban J connectivity index is 2.78. The SMILES string of the molecule is CC(C)Sc1ccc(N(C)C(C)(C)CCN)cc1. The zero-order chi connectivity index (χ0) is 13.8. The summed E-state index contributed by atoms with van der Waals surface area (Å²) in [6.07, 6.45) is 0.992. The summed E-state index contributed by atoms with van der Waals surface area (Å²) >= 11 is 1.90. The molecule has 3 heteroatoms. The van der Waals surface area contributed by atoms with E-state index in [1.165, 1.54) is 10.6 Å². The van der Waals surface area contributed by atoms with Crippen LogP contribution in [0.1, 0.15) is 34.1 Å². The maximum absolute atomic E-state index is 5.68. The van der Waals surface area contributed by atoms with Crippen molar-refractivity contribution in [3.05, 3.63) is 24.3 Å². The van der Waals surface area contributed by atoms with E-state index in [4.69, 9.17) is 5.73 Å². The number of rotatable bonds is 6. The highest BCUT2D eigenvalue weighted by Crippen LogP contribution is 2.28. The van der Waals surface area contributed by atoms with E-state index >= 15 is 0 Å². The van der Waals surface area contributed by atoms with Crippen LogP contribution in [0.4, 0.5) is 5.69 Å². The predicted molar refractivity (Wildman–Crippen MR) is 83.6 cm³/mol. The quantitative estimate of drug-likeness (QED) is 0.795. The van der Waals surface area contributed by atoms with Gasteiger partial charge in [0.2, 0.25) is 0 Å². The number of hydrogen-bond acceptors (Lipinski definition) is 3. The second-order valence-electron chi connectivity index (χ2n) is 5.57. The van der Waals surface area contributed by atoms with Gasteiger partial charge in [-0.2, -0.15) is 0 Å². The summed E-state index contributed by atoms with van der Waals surface area (Å²) in [5.74, 6) is 0.